The van der Waals surface area contributed by atoms with Crippen LogP contribution in [-0.4, -0.2) is 16.3 Å². The molecule has 0 bridgehead atoms. The number of rotatable bonds is 3. The van der Waals surface area contributed by atoms with Crippen molar-refractivity contribution in [1.29, 1.82) is 5.41 Å². The number of halogens is 1. The molecule has 0 saturated heterocycles. The van der Waals surface area contributed by atoms with Gasteiger partial charge in [0.25, 0.3) is 0 Å². The normalized spacial score (nSPS) is 12.2. The number of hydrogen-bond acceptors (Lipinski definition) is 3. The van der Waals surface area contributed by atoms with Gasteiger partial charge in [0.1, 0.15) is 11.3 Å². The van der Waals surface area contributed by atoms with Crippen LogP contribution in [0.4, 0.5) is 0 Å². The zero-order valence-corrected chi connectivity index (χ0v) is 8.54. The zero-order valence-electron chi connectivity index (χ0n) is 7.79. The number of pyridine rings is 1. The van der Waals surface area contributed by atoms with Crippen LogP contribution in [0.1, 0.15) is 17.2 Å². The third-order valence-corrected chi connectivity index (χ3v) is 2.15. The Morgan fingerprint density at radius 2 is 2.43 bits per heavy atom. The molecule has 0 saturated carbocycles. The van der Waals surface area contributed by atoms with Crippen molar-refractivity contribution in [1.82, 2.24) is 4.98 Å². The number of hydrogen-bond donors (Lipinski definition) is 2. The molecule has 4 heteroatoms. The van der Waals surface area contributed by atoms with Gasteiger partial charge in [-0.25, -0.2) is 4.98 Å². The van der Waals surface area contributed by atoms with Gasteiger partial charge in [0.15, 0.2) is 0 Å². The molecule has 0 amide bonds. The van der Waals surface area contributed by atoms with Crippen LogP contribution < -0.4 is 0 Å². The fraction of sp³-hybridized carbons (Fsp3) is 0.200. The third-order valence-electron chi connectivity index (χ3n) is 1.83. The lowest BCUT2D eigenvalue weighted by Crippen LogP contribution is -2.03. The summed E-state index contributed by atoms with van der Waals surface area (Å²) in [6.45, 7) is 5.39. The molecule has 0 aliphatic rings. The van der Waals surface area contributed by atoms with E-state index in [-0.39, 0.29) is 5.15 Å². The van der Waals surface area contributed by atoms with Crippen molar-refractivity contribution in [3.05, 3.63) is 40.7 Å². The first-order valence-corrected chi connectivity index (χ1v) is 4.43. The van der Waals surface area contributed by atoms with E-state index in [1.165, 1.54) is 0 Å². The fourth-order valence-electron chi connectivity index (χ4n) is 1.05. The first kappa shape index (κ1) is 10.9. The predicted molar refractivity (Wildman–Crippen MR) is 56.9 cm³/mol. The van der Waals surface area contributed by atoms with Gasteiger partial charge in [-0.3, -0.25) is 0 Å². The summed E-state index contributed by atoms with van der Waals surface area (Å²) in [7, 11) is 0. The minimum absolute atomic E-state index is 0.242. The average Bonchev–Trinajstić information content (AvgIpc) is 2.19. The quantitative estimate of drug-likeness (QED) is 0.594. The Morgan fingerprint density at radius 1 is 1.79 bits per heavy atom. The second-order valence-electron chi connectivity index (χ2n) is 3.01. The van der Waals surface area contributed by atoms with E-state index in [2.05, 4.69) is 11.6 Å². The second-order valence-corrected chi connectivity index (χ2v) is 3.37. The first-order chi connectivity index (χ1) is 6.56. The van der Waals surface area contributed by atoms with Crippen LogP contribution in [0, 0.1) is 12.3 Å². The first-order valence-electron chi connectivity index (χ1n) is 4.05. The molecule has 0 aromatic carbocycles. The highest BCUT2D eigenvalue weighted by molar-refractivity contribution is 6.30. The standard InChI is InChI=1S/C10H11ClN2O/c1-6-3-8(10(11)13-5-6)9(14)7(2)4-12/h3-5,9,12,14H,2H2,1H3. The van der Waals surface area contributed by atoms with Crippen molar-refractivity contribution in [2.45, 2.75) is 13.0 Å². The highest BCUT2D eigenvalue weighted by atomic mass is 35.5. The summed E-state index contributed by atoms with van der Waals surface area (Å²) < 4.78 is 0. The molecule has 14 heavy (non-hydrogen) atoms. The monoisotopic (exact) mass is 210 g/mol. The van der Waals surface area contributed by atoms with Crippen molar-refractivity contribution in [2.24, 2.45) is 0 Å². The van der Waals surface area contributed by atoms with E-state index in [9.17, 15) is 5.11 Å². The lowest BCUT2D eigenvalue weighted by molar-refractivity contribution is 0.222. The lowest BCUT2D eigenvalue weighted by Gasteiger charge is -2.12. The Morgan fingerprint density at radius 3 is 3.00 bits per heavy atom. The van der Waals surface area contributed by atoms with Gasteiger partial charge in [-0.1, -0.05) is 18.2 Å². The van der Waals surface area contributed by atoms with E-state index in [0.29, 0.717) is 11.1 Å². The maximum Gasteiger partial charge on any atom is 0.135 e. The molecule has 0 aliphatic heterocycles. The average molecular weight is 211 g/mol. The van der Waals surface area contributed by atoms with E-state index in [1.54, 1.807) is 12.3 Å². The molecule has 1 atom stereocenters. The van der Waals surface area contributed by atoms with Crippen LogP contribution in [0.3, 0.4) is 0 Å². The van der Waals surface area contributed by atoms with E-state index >= 15 is 0 Å². The second kappa shape index (κ2) is 4.35. The van der Waals surface area contributed by atoms with Gasteiger partial charge in [0.2, 0.25) is 0 Å². The van der Waals surface area contributed by atoms with Crippen molar-refractivity contribution >= 4 is 17.8 Å². The number of nitrogens with one attached hydrogen (secondary N) is 1. The Balaban J connectivity index is 3.11. The number of nitrogens with zero attached hydrogens (tertiary/aromatic N) is 1. The topological polar surface area (TPSA) is 57.0 Å². The summed E-state index contributed by atoms with van der Waals surface area (Å²) in [4.78, 5) is 3.91. The van der Waals surface area contributed by atoms with Gasteiger partial charge >= 0.3 is 0 Å². The summed E-state index contributed by atoms with van der Waals surface area (Å²) in [5, 5.41) is 16.9. The van der Waals surface area contributed by atoms with E-state index in [1.807, 2.05) is 6.92 Å². The van der Waals surface area contributed by atoms with E-state index in [4.69, 9.17) is 17.0 Å². The van der Waals surface area contributed by atoms with E-state index < -0.39 is 6.10 Å². The molecule has 1 unspecified atom stereocenters. The van der Waals surface area contributed by atoms with Gasteiger partial charge in [0.05, 0.1) is 0 Å². The van der Waals surface area contributed by atoms with Crippen molar-refractivity contribution in [3.8, 4) is 0 Å². The molecule has 1 heterocycles. The molecule has 1 aromatic heterocycles. The smallest absolute Gasteiger partial charge is 0.135 e. The number of aliphatic hydroxyl groups excluding tert-OH is 1. The minimum atomic E-state index is -0.951. The Labute approximate surface area is 87.6 Å². The Hall–Kier alpha value is -1.19. The van der Waals surface area contributed by atoms with Crippen LogP contribution in [0.15, 0.2) is 24.4 Å². The highest BCUT2D eigenvalue weighted by Crippen LogP contribution is 2.25. The molecule has 74 valence electrons. The maximum atomic E-state index is 9.72. The van der Waals surface area contributed by atoms with Crippen LogP contribution >= 0.6 is 11.6 Å². The van der Waals surface area contributed by atoms with Gasteiger partial charge in [-0.2, -0.15) is 0 Å². The zero-order chi connectivity index (χ0) is 10.7. The van der Waals surface area contributed by atoms with Crippen LogP contribution in [0.25, 0.3) is 0 Å². The van der Waals surface area contributed by atoms with Crippen LogP contribution in [0.5, 0.6) is 0 Å². The van der Waals surface area contributed by atoms with Crippen molar-refractivity contribution in [2.75, 3.05) is 0 Å². The van der Waals surface area contributed by atoms with Gasteiger partial charge in [0, 0.05) is 18.0 Å². The predicted octanol–water partition coefficient (Wildman–Crippen LogP) is 2.28. The molecule has 0 spiro atoms. The number of aromatic nitrogens is 1. The Bertz CT molecular complexity index is 376. The summed E-state index contributed by atoms with van der Waals surface area (Å²) in [5.74, 6) is 0. The molecule has 1 aromatic rings. The SMILES string of the molecule is C=C(C=N)C(O)c1cc(C)cnc1Cl. The number of aryl methyl sites for hydroxylation is 1. The molecular weight excluding hydrogens is 200 g/mol. The van der Waals surface area contributed by atoms with Gasteiger partial charge < -0.3 is 10.5 Å². The molecule has 2 N–H and O–H groups in total. The minimum Gasteiger partial charge on any atom is -0.384 e. The number of aliphatic hydroxyl groups is 1. The largest absolute Gasteiger partial charge is 0.384 e. The third kappa shape index (κ3) is 2.19. The van der Waals surface area contributed by atoms with E-state index in [0.717, 1.165) is 11.8 Å². The highest BCUT2D eigenvalue weighted by Gasteiger charge is 2.14. The van der Waals surface area contributed by atoms with Crippen molar-refractivity contribution in [3.63, 3.8) is 0 Å². The lowest BCUT2D eigenvalue weighted by atomic mass is 10.0. The van der Waals surface area contributed by atoms with Crippen molar-refractivity contribution < 1.29 is 5.11 Å². The summed E-state index contributed by atoms with van der Waals surface area (Å²) in [6, 6.07) is 1.73. The summed E-state index contributed by atoms with van der Waals surface area (Å²) in [6.07, 6.45) is 1.67. The molecular formula is C10H11ClN2O. The van der Waals surface area contributed by atoms with Gasteiger partial charge in [-0.15, -0.1) is 0 Å². The van der Waals surface area contributed by atoms with Crippen LogP contribution in [0.2, 0.25) is 5.15 Å². The maximum absolute atomic E-state index is 9.72. The van der Waals surface area contributed by atoms with Crippen LogP contribution in [-0.2, 0) is 0 Å². The molecule has 0 fully saturated rings. The summed E-state index contributed by atoms with van der Waals surface area (Å²) in [5.41, 5.74) is 1.68. The molecule has 1 rings (SSSR count). The fourth-order valence-corrected chi connectivity index (χ4v) is 1.25. The van der Waals surface area contributed by atoms with Gasteiger partial charge in [-0.05, 0) is 24.1 Å². The Kier molecular flexibility index (Phi) is 3.38. The molecule has 3 nitrogen and oxygen atoms in total. The molecule has 0 aliphatic carbocycles. The summed E-state index contributed by atoms with van der Waals surface area (Å²) >= 11 is 5.80. The molecule has 0 radical (unpaired) electrons.